The fourth-order valence-electron chi connectivity index (χ4n) is 1.01. The highest BCUT2D eigenvalue weighted by Gasteiger charge is 2.16. The number of carbonyl (C=O) groups is 2. The van der Waals surface area contributed by atoms with Crippen molar-refractivity contribution in [2.75, 3.05) is 0 Å². The highest BCUT2D eigenvalue weighted by Crippen LogP contribution is 2.13. The average molecular weight is 238 g/mol. The Morgan fingerprint density at radius 3 is 2.29 bits per heavy atom. The number of primary amides is 1. The van der Waals surface area contributed by atoms with Gasteiger partial charge in [0.1, 0.15) is 0 Å². The van der Waals surface area contributed by atoms with E-state index in [0.29, 0.717) is 0 Å². The summed E-state index contributed by atoms with van der Waals surface area (Å²) in [5.74, 6) is -1.52. The maximum absolute atomic E-state index is 11.4. The molecule has 0 aliphatic carbocycles. The van der Waals surface area contributed by atoms with Crippen LogP contribution in [0.15, 0.2) is 24.3 Å². The van der Waals surface area contributed by atoms with Gasteiger partial charge in [0.2, 0.25) is 0 Å². The number of nitro benzene ring substituents is 1. The number of benzene rings is 1. The predicted octanol–water partition coefficient (Wildman–Crippen LogP) is 0.625. The lowest BCUT2D eigenvalue weighted by molar-refractivity contribution is -0.384. The second-order valence-electron chi connectivity index (χ2n) is 3.25. The topological polar surface area (TPSA) is 113 Å². The Balaban J connectivity index is 2.77. The van der Waals surface area contributed by atoms with Gasteiger partial charge in [-0.25, -0.2) is 4.79 Å². The van der Waals surface area contributed by atoms with Crippen LogP contribution in [0.2, 0.25) is 0 Å². The Bertz CT molecular complexity index is 454. The van der Waals surface area contributed by atoms with Gasteiger partial charge in [0.25, 0.3) is 11.6 Å². The van der Waals surface area contributed by atoms with Gasteiger partial charge in [0, 0.05) is 12.1 Å². The molecule has 0 aromatic heterocycles. The number of amides is 1. The molecule has 1 aromatic carbocycles. The summed E-state index contributed by atoms with van der Waals surface area (Å²) in [5, 5.41) is 10.4. The Morgan fingerprint density at radius 2 is 1.88 bits per heavy atom. The van der Waals surface area contributed by atoms with Gasteiger partial charge < -0.3 is 10.5 Å². The highest BCUT2D eigenvalue weighted by atomic mass is 16.6. The summed E-state index contributed by atoms with van der Waals surface area (Å²) >= 11 is 0. The summed E-state index contributed by atoms with van der Waals surface area (Å²) < 4.78 is 4.71. The zero-order valence-corrected chi connectivity index (χ0v) is 8.95. The van der Waals surface area contributed by atoms with E-state index in [1.165, 1.54) is 31.2 Å². The molecule has 0 aliphatic heterocycles. The average Bonchev–Trinajstić information content (AvgIpc) is 2.28. The van der Waals surface area contributed by atoms with E-state index in [1.807, 2.05) is 0 Å². The standard InChI is InChI=1S/C10H10N2O5/c1-6(9(11)13)17-10(14)7-2-4-8(5-3-7)12(15)16/h2-6H,1H3,(H2,11,13). The molecule has 1 aromatic rings. The van der Waals surface area contributed by atoms with E-state index in [4.69, 9.17) is 10.5 Å². The van der Waals surface area contributed by atoms with Crippen LogP contribution in [-0.4, -0.2) is 22.9 Å². The normalized spacial score (nSPS) is 11.6. The number of nitrogens with two attached hydrogens (primary N) is 1. The van der Waals surface area contributed by atoms with Crippen molar-refractivity contribution in [3.63, 3.8) is 0 Å². The predicted molar refractivity (Wildman–Crippen MR) is 57.2 cm³/mol. The minimum Gasteiger partial charge on any atom is -0.449 e. The smallest absolute Gasteiger partial charge is 0.338 e. The van der Waals surface area contributed by atoms with E-state index in [2.05, 4.69) is 0 Å². The lowest BCUT2D eigenvalue weighted by atomic mass is 10.2. The Kier molecular flexibility index (Phi) is 3.76. The molecular formula is C10H10N2O5. The molecule has 2 N–H and O–H groups in total. The van der Waals surface area contributed by atoms with Gasteiger partial charge in [0.05, 0.1) is 10.5 Å². The third kappa shape index (κ3) is 3.26. The lowest BCUT2D eigenvalue weighted by Crippen LogP contribution is -2.30. The van der Waals surface area contributed by atoms with Crippen LogP contribution < -0.4 is 5.73 Å². The lowest BCUT2D eigenvalue weighted by Gasteiger charge is -2.08. The number of hydrogen-bond donors (Lipinski definition) is 1. The molecule has 7 nitrogen and oxygen atoms in total. The van der Waals surface area contributed by atoms with Crippen molar-refractivity contribution in [2.45, 2.75) is 13.0 Å². The van der Waals surface area contributed by atoms with Crippen molar-refractivity contribution in [3.05, 3.63) is 39.9 Å². The largest absolute Gasteiger partial charge is 0.449 e. The molecule has 1 unspecified atom stereocenters. The molecule has 1 rings (SSSR count). The van der Waals surface area contributed by atoms with Crippen LogP contribution in [0.3, 0.4) is 0 Å². The van der Waals surface area contributed by atoms with E-state index in [0.717, 1.165) is 0 Å². The molecule has 0 saturated carbocycles. The van der Waals surface area contributed by atoms with E-state index in [1.54, 1.807) is 0 Å². The first kappa shape index (κ1) is 12.6. The highest BCUT2D eigenvalue weighted by molar-refractivity contribution is 5.92. The molecule has 1 atom stereocenters. The molecule has 0 spiro atoms. The van der Waals surface area contributed by atoms with Gasteiger partial charge in [0.15, 0.2) is 6.10 Å². The zero-order chi connectivity index (χ0) is 13.0. The monoisotopic (exact) mass is 238 g/mol. The fourth-order valence-corrected chi connectivity index (χ4v) is 1.01. The summed E-state index contributed by atoms with van der Waals surface area (Å²) in [6.07, 6.45) is -1.04. The SMILES string of the molecule is CC(OC(=O)c1ccc([N+](=O)[O-])cc1)C(N)=O. The molecule has 0 bridgehead atoms. The van der Waals surface area contributed by atoms with Crippen molar-refractivity contribution in [1.82, 2.24) is 0 Å². The van der Waals surface area contributed by atoms with Gasteiger partial charge in [-0.1, -0.05) is 0 Å². The number of rotatable bonds is 4. The summed E-state index contributed by atoms with van der Waals surface area (Å²) in [5.41, 5.74) is 4.90. The number of carbonyl (C=O) groups excluding carboxylic acids is 2. The number of nitrogens with zero attached hydrogens (tertiary/aromatic N) is 1. The third-order valence-electron chi connectivity index (χ3n) is 2.00. The van der Waals surface area contributed by atoms with Crippen LogP contribution in [0.25, 0.3) is 0 Å². The van der Waals surface area contributed by atoms with Crippen molar-refractivity contribution >= 4 is 17.6 Å². The Morgan fingerprint density at radius 1 is 1.35 bits per heavy atom. The molecule has 90 valence electrons. The zero-order valence-electron chi connectivity index (χ0n) is 8.95. The second-order valence-corrected chi connectivity index (χ2v) is 3.25. The number of ether oxygens (including phenoxy) is 1. The summed E-state index contributed by atoms with van der Waals surface area (Å²) in [6, 6.07) is 4.83. The molecule has 0 heterocycles. The first-order valence-electron chi connectivity index (χ1n) is 4.66. The van der Waals surface area contributed by atoms with Gasteiger partial charge in [-0.3, -0.25) is 14.9 Å². The first-order chi connectivity index (χ1) is 7.91. The van der Waals surface area contributed by atoms with E-state index in [9.17, 15) is 19.7 Å². The quantitative estimate of drug-likeness (QED) is 0.469. The number of esters is 1. The van der Waals surface area contributed by atoms with E-state index in [-0.39, 0.29) is 11.3 Å². The molecule has 0 radical (unpaired) electrons. The molecule has 0 aliphatic rings. The first-order valence-corrected chi connectivity index (χ1v) is 4.66. The Hall–Kier alpha value is -2.44. The summed E-state index contributed by atoms with van der Waals surface area (Å²) in [6.45, 7) is 1.34. The van der Waals surface area contributed by atoms with Crippen molar-refractivity contribution < 1.29 is 19.2 Å². The van der Waals surface area contributed by atoms with Crippen LogP contribution in [-0.2, 0) is 9.53 Å². The van der Waals surface area contributed by atoms with Crippen LogP contribution >= 0.6 is 0 Å². The maximum Gasteiger partial charge on any atom is 0.338 e. The van der Waals surface area contributed by atoms with E-state index < -0.39 is 22.9 Å². The van der Waals surface area contributed by atoms with Gasteiger partial charge in [-0.15, -0.1) is 0 Å². The van der Waals surface area contributed by atoms with Crippen LogP contribution in [0.1, 0.15) is 17.3 Å². The number of non-ortho nitro benzene ring substituents is 1. The number of nitro groups is 1. The van der Waals surface area contributed by atoms with Gasteiger partial charge >= 0.3 is 5.97 Å². The molecule has 17 heavy (non-hydrogen) atoms. The summed E-state index contributed by atoms with van der Waals surface area (Å²) in [4.78, 5) is 31.9. The van der Waals surface area contributed by atoms with Crippen LogP contribution in [0.5, 0.6) is 0 Å². The third-order valence-corrected chi connectivity index (χ3v) is 2.00. The minimum absolute atomic E-state index is 0.115. The molecule has 0 fully saturated rings. The van der Waals surface area contributed by atoms with Gasteiger partial charge in [-0.05, 0) is 19.1 Å². The second kappa shape index (κ2) is 5.06. The molecule has 1 amide bonds. The van der Waals surface area contributed by atoms with Crippen molar-refractivity contribution in [3.8, 4) is 0 Å². The molecule has 0 saturated heterocycles. The maximum atomic E-state index is 11.4. The molecule has 7 heteroatoms. The van der Waals surface area contributed by atoms with Crippen molar-refractivity contribution in [2.24, 2.45) is 5.73 Å². The van der Waals surface area contributed by atoms with Gasteiger partial charge in [-0.2, -0.15) is 0 Å². The molecular weight excluding hydrogens is 228 g/mol. The summed E-state index contributed by atoms with van der Waals surface area (Å²) in [7, 11) is 0. The Labute approximate surface area is 96.3 Å². The van der Waals surface area contributed by atoms with Crippen LogP contribution in [0.4, 0.5) is 5.69 Å². The number of hydrogen-bond acceptors (Lipinski definition) is 5. The van der Waals surface area contributed by atoms with Crippen LogP contribution in [0, 0.1) is 10.1 Å². The minimum atomic E-state index is -1.04. The van der Waals surface area contributed by atoms with E-state index >= 15 is 0 Å². The van der Waals surface area contributed by atoms with Crippen molar-refractivity contribution in [1.29, 1.82) is 0 Å². The fraction of sp³-hybridized carbons (Fsp3) is 0.200.